The zero-order chi connectivity index (χ0) is 19.8. The van der Waals surface area contributed by atoms with E-state index in [2.05, 4.69) is 25.2 Å². The molecular formula is C25H46O2. The van der Waals surface area contributed by atoms with Crippen molar-refractivity contribution in [1.82, 2.24) is 0 Å². The molecule has 0 heterocycles. The molecule has 0 unspecified atom stereocenters. The lowest BCUT2D eigenvalue weighted by Gasteiger charge is -2.03. The maximum absolute atomic E-state index is 10.4. The van der Waals surface area contributed by atoms with Gasteiger partial charge in [-0.3, -0.25) is 4.79 Å². The SMILES string of the molecule is CCCCCCCCCCCCCCCCCC=CC=CCCCC(=O)O. The van der Waals surface area contributed by atoms with Gasteiger partial charge in [-0.05, 0) is 25.7 Å². The van der Waals surface area contributed by atoms with Gasteiger partial charge in [-0.1, -0.05) is 121 Å². The third-order valence-corrected chi connectivity index (χ3v) is 5.12. The topological polar surface area (TPSA) is 37.3 Å². The highest BCUT2D eigenvalue weighted by Crippen LogP contribution is 2.13. The Balaban J connectivity index is 3.13. The van der Waals surface area contributed by atoms with Gasteiger partial charge in [0.2, 0.25) is 0 Å². The summed E-state index contributed by atoms with van der Waals surface area (Å²) in [5, 5.41) is 8.54. The molecule has 158 valence electrons. The minimum absolute atomic E-state index is 0.271. The van der Waals surface area contributed by atoms with Crippen LogP contribution in [-0.2, 0) is 4.79 Å². The number of allylic oxidation sites excluding steroid dienone is 4. The quantitative estimate of drug-likeness (QED) is 0.160. The lowest BCUT2D eigenvalue weighted by molar-refractivity contribution is -0.137. The number of aliphatic carboxylic acids is 1. The molecule has 0 rings (SSSR count). The smallest absolute Gasteiger partial charge is 0.303 e. The summed E-state index contributed by atoms with van der Waals surface area (Å²) < 4.78 is 0. The van der Waals surface area contributed by atoms with Gasteiger partial charge in [0, 0.05) is 6.42 Å². The number of carboxylic acid groups (broad SMARTS) is 1. The highest BCUT2D eigenvalue weighted by atomic mass is 16.4. The predicted octanol–water partition coefficient (Wildman–Crippen LogP) is 8.62. The van der Waals surface area contributed by atoms with Crippen LogP contribution in [0.4, 0.5) is 0 Å². The fraction of sp³-hybridized carbons (Fsp3) is 0.800. The first-order valence-corrected chi connectivity index (χ1v) is 11.8. The summed E-state index contributed by atoms with van der Waals surface area (Å²) in [6, 6.07) is 0. The Morgan fingerprint density at radius 1 is 0.593 bits per heavy atom. The van der Waals surface area contributed by atoms with Gasteiger partial charge < -0.3 is 5.11 Å². The molecule has 0 aliphatic rings. The molecule has 0 aliphatic heterocycles. The molecule has 0 aliphatic carbocycles. The van der Waals surface area contributed by atoms with Crippen LogP contribution in [0.2, 0.25) is 0 Å². The second kappa shape index (κ2) is 23.0. The van der Waals surface area contributed by atoms with E-state index >= 15 is 0 Å². The summed E-state index contributed by atoms with van der Waals surface area (Å²) >= 11 is 0. The fourth-order valence-electron chi connectivity index (χ4n) is 3.35. The van der Waals surface area contributed by atoms with Crippen molar-refractivity contribution < 1.29 is 9.90 Å². The highest BCUT2D eigenvalue weighted by Gasteiger charge is 1.94. The largest absolute Gasteiger partial charge is 0.481 e. The Morgan fingerprint density at radius 3 is 1.37 bits per heavy atom. The van der Waals surface area contributed by atoms with Crippen LogP contribution < -0.4 is 0 Å². The normalized spacial score (nSPS) is 11.7. The molecule has 0 radical (unpaired) electrons. The van der Waals surface area contributed by atoms with Crippen LogP contribution in [0.3, 0.4) is 0 Å². The van der Waals surface area contributed by atoms with Gasteiger partial charge in [0.1, 0.15) is 0 Å². The molecule has 0 bridgehead atoms. The first-order chi connectivity index (χ1) is 13.3. The number of carboxylic acids is 1. The Bertz CT molecular complexity index is 357. The summed E-state index contributed by atoms with van der Waals surface area (Å²) in [5.74, 6) is -0.702. The van der Waals surface area contributed by atoms with Crippen LogP contribution in [-0.4, -0.2) is 11.1 Å². The van der Waals surface area contributed by atoms with E-state index in [-0.39, 0.29) is 6.42 Å². The lowest BCUT2D eigenvalue weighted by Crippen LogP contribution is -1.92. The van der Waals surface area contributed by atoms with E-state index in [9.17, 15) is 4.79 Å². The highest BCUT2D eigenvalue weighted by molar-refractivity contribution is 5.66. The van der Waals surface area contributed by atoms with Crippen LogP contribution in [0.25, 0.3) is 0 Å². The maximum Gasteiger partial charge on any atom is 0.303 e. The number of hydrogen-bond acceptors (Lipinski definition) is 1. The van der Waals surface area contributed by atoms with E-state index in [1.165, 1.54) is 96.3 Å². The molecule has 0 atom stereocenters. The van der Waals surface area contributed by atoms with Crippen molar-refractivity contribution in [3.8, 4) is 0 Å². The molecule has 27 heavy (non-hydrogen) atoms. The molecular weight excluding hydrogens is 332 g/mol. The third kappa shape index (κ3) is 24.9. The van der Waals surface area contributed by atoms with Crippen molar-refractivity contribution in [2.75, 3.05) is 0 Å². The average Bonchev–Trinajstić information content (AvgIpc) is 2.65. The molecule has 1 N–H and O–H groups in total. The van der Waals surface area contributed by atoms with Gasteiger partial charge in [0.05, 0.1) is 0 Å². The zero-order valence-corrected chi connectivity index (χ0v) is 18.1. The minimum Gasteiger partial charge on any atom is -0.481 e. The van der Waals surface area contributed by atoms with Crippen LogP contribution in [0.15, 0.2) is 24.3 Å². The summed E-state index contributed by atoms with van der Waals surface area (Å²) in [6.07, 6.45) is 32.7. The Kier molecular flexibility index (Phi) is 22.1. The van der Waals surface area contributed by atoms with Crippen LogP contribution in [0.1, 0.15) is 129 Å². The number of rotatable bonds is 21. The summed E-state index contributed by atoms with van der Waals surface area (Å²) in [5.41, 5.74) is 0. The van der Waals surface area contributed by atoms with E-state index < -0.39 is 5.97 Å². The molecule has 0 aromatic carbocycles. The third-order valence-electron chi connectivity index (χ3n) is 5.12. The Hall–Kier alpha value is -1.05. The summed E-state index contributed by atoms with van der Waals surface area (Å²) in [4.78, 5) is 10.4. The van der Waals surface area contributed by atoms with E-state index in [1.807, 2.05) is 6.08 Å². The number of carbonyl (C=O) groups is 1. The van der Waals surface area contributed by atoms with Crippen LogP contribution >= 0.6 is 0 Å². The van der Waals surface area contributed by atoms with Crippen molar-refractivity contribution in [2.24, 2.45) is 0 Å². The monoisotopic (exact) mass is 378 g/mol. The van der Waals surface area contributed by atoms with E-state index in [0.717, 1.165) is 19.3 Å². The van der Waals surface area contributed by atoms with Crippen LogP contribution in [0, 0.1) is 0 Å². The molecule has 0 spiro atoms. The van der Waals surface area contributed by atoms with Gasteiger partial charge in [0.15, 0.2) is 0 Å². The van der Waals surface area contributed by atoms with Gasteiger partial charge >= 0.3 is 5.97 Å². The standard InChI is InChI=1S/C25H46O2/c1-2-3-4-5-6-7-8-9-10-11-12-13-14-15-16-17-18-19-20-21-22-23-24-25(26)27/h18-21H,2-17,22-24H2,1H3,(H,26,27). The fourth-order valence-corrected chi connectivity index (χ4v) is 3.35. The van der Waals surface area contributed by atoms with Crippen molar-refractivity contribution in [2.45, 2.75) is 129 Å². The Labute approximate surface area is 169 Å². The van der Waals surface area contributed by atoms with Crippen molar-refractivity contribution >= 4 is 5.97 Å². The number of unbranched alkanes of at least 4 members (excludes halogenated alkanes) is 16. The average molecular weight is 379 g/mol. The molecule has 0 aromatic rings. The molecule has 2 nitrogen and oxygen atoms in total. The van der Waals surface area contributed by atoms with E-state index in [4.69, 9.17) is 5.11 Å². The van der Waals surface area contributed by atoms with Gasteiger partial charge in [-0.2, -0.15) is 0 Å². The Morgan fingerprint density at radius 2 is 0.963 bits per heavy atom. The molecule has 0 saturated heterocycles. The van der Waals surface area contributed by atoms with Gasteiger partial charge in [-0.15, -0.1) is 0 Å². The predicted molar refractivity (Wildman–Crippen MR) is 119 cm³/mol. The zero-order valence-electron chi connectivity index (χ0n) is 18.1. The van der Waals surface area contributed by atoms with Gasteiger partial charge in [-0.25, -0.2) is 0 Å². The molecule has 0 amide bonds. The number of hydrogen-bond donors (Lipinski definition) is 1. The summed E-state index contributed by atoms with van der Waals surface area (Å²) in [7, 11) is 0. The minimum atomic E-state index is -0.702. The van der Waals surface area contributed by atoms with Crippen LogP contribution in [0.5, 0.6) is 0 Å². The summed E-state index contributed by atoms with van der Waals surface area (Å²) in [6.45, 7) is 2.28. The first-order valence-electron chi connectivity index (χ1n) is 11.8. The molecule has 0 aromatic heterocycles. The second-order valence-corrected chi connectivity index (χ2v) is 7.88. The van der Waals surface area contributed by atoms with Crippen molar-refractivity contribution in [3.63, 3.8) is 0 Å². The maximum atomic E-state index is 10.4. The van der Waals surface area contributed by atoms with Crippen molar-refractivity contribution in [3.05, 3.63) is 24.3 Å². The first kappa shape index (κ1) is 26.0. The van der Waals surface area contributed by atoms with E-state index in [1.54, 1.807) is 0 Å². The molecule has 0 fully saturated rings. The lowest BCUT2D eigenvalue weighted by atomic mass is 10.0. The van der Waals surface area contributed by atoms with Crippen molar-refractivity contribution in [1.29, 1.82) is 0 Å². The second-order valence-electron chi connectivity index (χ2n) is 7.88. The molecule has 2 heteroatoms. The van der Waals surface area contributed by atoms with E-state index in [0.29, 0.717) is 0 Å². The van der Waals surface area contributed by atoms with Gasteiger partial charge in [0.25, 0.3) is 0 Å². The molecule has 0 saturated carbocycles.